The Morgan fingerprint density at radius 1 is 1.17 bits per heavy atom. The fourth-order valence-corrected chi connectivity index (χ4v) is 2.79. The summed E-state index contributed by atoms with van der Waals surface area (Å²) >= 11 is 0. The van der Waals surface area contributed by atoms with Gasteiger partial charge in [-0.1, -0.05) is 43.3 Å². The van der Waals surface area contributed by atoms with Gasteiger partial charge in [-0.05, 0) is 45.4 Å². The summed E-state index contributed by atoms with van der Waals surface area (Å²) < 4.78 is 2.32. The van der Waals surface area contributed by atoms with E-state index in [1.807, 2.05) is 19.4 Å². The van der Waals surface area contributed by atoms with Gasteiger partial charge in [-0.3, -0.25) is 0 Å². The van der Waals surface area contributed by atoms with E-state index < -0.39 is 0 Å². The number of imidazole rings is 1. The maximum absolute atomic E-state index is 4.71. The van der Waals surface area contributed by atoms with Gasteiger partial charge >= 0.3 is 0 Å². The molecule has 0 atom stereocenters. The molecule has 1 aromatic carbocycles. The van der Waals surface area contributed by atoms with Crippen molar-refractivity contribution >= 4 is 30.4 Å². The van der Waals surface area contributed by atoms with Crippen molar-refractivity contribution in [3.8, 4) is 11.3 Å². The average molecular weight is 370 g/mol. The number of aryl methyl sites for hydroxylation is 1. The van der Waals surface area contributed by atoms with Gasteiger partial charge in [-0.25, -0.2) is 4.98 Å². The van der Waals surface area contributed by atoms with Crippen molar-refractivity contribution in [1.29, 1.82) is 0 Å². The number of hydrogen-bond donors (Lipinski definition) is 1. The van der Waals surface area contributed by atoms with Crippen LogP contribution in [0.1, 0.15) is 38.8 Å². The molecule has 0 aliphatic rings. The van der Waals surface area contributed by atoms with Crippen LogP contribution in [0.4, 0.5) is 0 Å². The normalized spacial score (nSPS) is 10.9. The van der Waals surface area contributed by atoms with Gasteiger partial charge < -0.3 is 9.88 Å². The lowest BCUT2D eigenvalue weighted by atomic mass is 10.0. The Bertz CT molecular complexity index is 606. The van der Waals surface area contributed by atoms with Crippen LogP contribution in [-0.4, -0.2) is 23.1 Å². The van der Waals surface area contributed by atoms with Crippen LogP contribution >= 0.6 is 24.8 Å². The third-order valence-corrected chi connectivity index (χ3v) is 3.99. The Morgan fingerprint density at radius 2 is 1.88 bits per heavy atom. The molecule has 0 amide bonds. The molecule has 0 unspecified atom stereocenters. The number of aromatic nitrogens is 2. The molecule has 0 spiro atoms. The topological polar surface area (TPSA) is 29.9 Å². The molecule has 0 aliphatic heterocycles. The number of allylic oxidation sites excluding steroid dienone is 2. The third-order valence-electron chi connectivity index (χ3n) is 3.99. The molecule has 0 bridgehead atoms. The van der Waals surface area contributed by atoms with Gasteiger partial charge in [0.2, 0.25) is 0 Å². The van der Waals surface area contributed by atoms with Crippen molar-refractivity contribution in [3.63, 3.8) is 0 Å². The maximum Gasteiger partial charge on any atom is 0.0959 e. The molecule has 1 aromatic heterocycles. The molecule has 2 aromatic rings. The van der Waals surface area contributed by atoms with Crippen molar-refractivity contribution in [2.24, 2.45) is 0 Å². The molecular weight excluding hydrogens is 341 g/mol. The highest BCUT2D eigenvalue weighted by Crippen LogP contribution is 2.29. The molecule has 3 nitrogen and oxygen atoms in total. The van der Waals surface area contributed by atoms with E-state index in [-0.39, 0.29) is 24.8 Å². The Labute approximate surface area is 158 Å². The summed E-state index contributed by atoms with van der Waals surface area (Å²) in [5, 5.41) is 3.21. The van der Waals surface area contributed by atoms with E-state index in [9.17, 15) is 0 Å². The van der Waals surface area contributed by atoms with E-state index in [0.717, 1.165) is 25.2 Å². The fourth-order valence-electron chi connectivity index (χ4n) is 2.79. The summed E-state index contributed by atoms with van der Waals surface area (Å²) in [5.41, 5.74) is 4.94. The Hall–Kier alpha value is -1.29. The number of nitrogens with zero attached hydrogens (tertiary/aromatic N) is 2. The first-order chi connectivity index (χ1) is 10.8. The van der Waals surface area contributed by atoms with E-state index in [1.165, 1.54) is 29.7 Å². The van der Waals surface area contributed by atoms with Gasteiger partial charge in [0.05, 0.1) is 17.7 Å². The smallest absolute Gasteiger partial charge is 0.0959 e. The zero-order chi connectivity index (χ0) is 15.8. The molecular formula is C19H29Cl2N3. The fraction of sp³-hybridized carbons (Fsp3) is 0.421. The van der Waals surface area contributed by atoms with Gasteiger partial charge in [0, 0.05) is 12.1 Å². The predicted octanol–water partition coefficient (Wildman–Crippen LogP) is 5.21. The van der Waals surface area contributed by atoms with Crippen LogP contribution in [0.5, 0.6) is 0 Å². The van der Waals surface area contributed by atoms with E-state index in [0.29, 0.717) is 0 Å². The van der Waals surface area contributed by atoms with Crippen molar-refractivity contribution in [2.75, 3.05) is 13.6 Å². The molecule has 134 valence electrons. The molecule has 1 heterocycles. The van der Waals surface area contributed by atoms with E-state index in [4.69, 9.17) is 4.98 Å². The molecule has 0 aliphatic carbocycles. The van der Waals surface area contributed by atoms with Crippen LogP contribution in [0.3, 0.4) is 0 Å². The standard InChI is InChI=1S/C19H27N3.2ClH/c1-4-16(5-2)19-18(17-11-7-6-8-12-17)21-15-22(19)14-10-9-13-20-3;;/h4,6-8,11-12,15,20H,5,9-10,13-14H2,1-3H3;2*1H. The molecule has 1 N–H and O–H groups in total. The van der Waals surface area contributed by atoms with Crippen molar-refractivity contribution in [2.45, 2.75) is 39.7 Å². The highest BCUT2D eigenvalue weighted by atomic mass is 35.5. The average Bonchev–Trinajstić information content (AvgIpc) is 2.98. The second-order valence-corrected chi connectivity index (χ2v) is 5.48. The minimum Gasteiger partial charge on any atom is -0.330 e. The maximum atomic E-state index is 4.71. The number of rotatable bonds is 8. The van der Waals surface area contributed by atoms with Crippen LogP contribution in [-0.2, 0) is 6.54 Å². The predicted molar refractivity (Wildman–Crippen MR) is 109 cm³/mol. The second kappa shape index (κ2) is 12.1. The molecule has 0 fully saturated rings. The zero-order valence-corrected chi connectivity index (χ0v) is 16.4. The number of nitrogens with one attached hydrogen (secondary N) is 1. The molecule has 0 saturated carbocycles. The third kappa shape index (κ3) is 5.66. The highest BCUT2D eigenvalue weighted by molar-refractivity contribution is 5.85. The van der Waals surface area contributed by atoms with Crippen molar-refractivity contribution < 1.29 is 0 Å². The molecule has 5 heteroatoms. The van der Waals surface area contributed by atoms with Gasteiger partial charge in [0.15, 0.2) is 0 Å². The minimum atomic E-state index is 0. The largest absolute Gasteiger partial charge is 0.330 e. The van der Waals surface area contributed by atoms with Gasteiger partial charge in [-0.15, -0.1) is 24.8 Å². The van der Waals surface area contributed by atoms with E-state index in [1.54, 1.807) is 0 Å². The van der Waals surface area contributed by atoms with Crippen LogP contribution in [0.15, 0.2) is 42.7 Å². The highest BCUT2D eigenvalue weighted by Gasteiger charge is 2.15. The van der Waals surface area contributed by atoms with Crippen LogP contribution in [0.2, 0.25) is 0 Å². The molecule has 0 radical (unpaired) electrons. The lowest BCUT2D eigenvalue weighted by Gasteiger charge is -2.12. The van der Waals surface area contributed by atoms with Gasteiger partial charge in [0.25, 0.3) is 0 Å². The van der Waals surface area contributed by atoms with Crippen molar-refractivity contribution in [3.05, 3.63) is 48.4 Å². The minimum absolute atomic E-state index is 0. The Kier molecular flexibility index (Phi) is 11.5. The lowest BCUT2D eigenvalue weighted by Crippen LogP contribution is -2.09. The van der Waals surface area contributed by atoms with Crippen LogP contribution < -0.4 is 5.32 Å². The summed E-state index contributed by atoms with van der Waals surface area (Å²) in [6.07, 6.45) is 7.59. The SMILES string of the molecule is CC=C(CC)c1c(-c2ccccc2)ncn1CCCCNC.Cl.Cl. The van der Waals surface area contributed by atoms with Gasteiger partial charge in [0.1, 0.15) is 0 Å². The van der Waals surface area contributed by atoms with E-state index in [2.05, 4.69) is 54.1 Å². The first kappa shape index (κ1) is 22.7. The van der Waals surface area contributed by atoms with Gasteiger partial charge in [-0.2, -0.15) is 0 Å². The van der Waals surface area contributed by atoms with Crippen LogP contribution in [0.25, 0.3) is 16.8 Å². The summed E-state index contributed by atoms with van der Waals surface area (Å²) in [6, 6.07) is 10.5. The summed E-state index contributed by atoms with van der Waals surface area (Å²) in [7, 11) is 2.01. The van der Waals surface area contributed by atoms with Crippen LogP contribution in [0, 0.1) is 0 Å². The number of hydrogen-bond acceptors (Lipinski definition) is 2. The monoisotopic (exact) mass is 369 g/mol. The summed E-state index contributed by atoms with van der Waals surface area (Å²) in [5.74, 6) is 0. The summed E-state index contributed by atoms with van der Waals surface area (Å²) in [6.45, 7) is 6.42. The number of benzene rings is 1. The zero-order valence-electron chi connectivity index (χ0n) is 14.8. The van der Waals surface area contributed by atoms with E-state index >= 15 is 0 Å². The molecule has 24 heavy (non-hydrogen) atoms. The molecule has 0 saturated heterocycles. The first-order valence-electron chi connectivity index (χ1n) is 8.22. The number of unbranched alkanes of at least 4 members (excludes halogenated alkanes) is 1. The Morgan fingerprint density at radius 3 is 2.46 bits per heavy atom. The molecule has 2 rings (SSSR count). The lowest BCUT2D eigenvalue weighted by molar-refractivity contribution is 0.587. The number of halogens is 2. The summed E-state index contributed by atoms with van der Waals surface area (Å²) in [4.78, 5) is 4.71. The quantitative estimate of drug-likeness (QED) is 0.647. The Balaban J connectivity index is 0.00000264. The first-order valence-corrected chi connectivity index (χ1v) is 8.22. The van der Waals surface area contributed by atoms with Crippen molar-refractivity contribution in [1.82, 2.24) is 14.9 Å². The second-order valence-electron chi connectivity index (χ2n) is 5.48.